The summed E-state index contributed by atoms with van der Waals surface area (Å²) in [5.41, 5.74) is 1.72. The van der Waals surface area contributed by atoms with Crippen LogP contribution in [0.1, 0.15) is 18.4 Å². The first-order valence-electron chi connectivity index (χ1n) is 5.30. The van der Waals surface area contributed by atoms with E-state index < -0.39 is 0 Å². The van der Waals surface area contributed by atoms with Gasteiger partial charge in [-0.05, 0) is 18.4 Å². The fourth-order valence-corrected chi connectivity index (χ4v) is 2.11. The third-order valence-electron chi connectivity index (χ3n) is 3.19. The summed E-state index contributed by atoms with van der Waals surface area (Å²) in [6.07, 6.45) is 2.54. The highest BCUT2D eigenvalue weighted by atomic mass is 16.5. The average Bonchev–Trinajstić information content (AvgIpc) is 2.94. The molecule has 3 rings (SSSR count). The smallest absolute Gasteiger partial charge is 0.0643 e. The second-order valence-electron chi connectivity index (χ2n) is 4.33. The highest BCUT2D eigenvalue weighted by Crippen LogP contribution is 2.46. The summed E-state index contributed by atoms with van der Waals surface area (Å²) in [6.45, 7) is 1.77. The summed E-state index contributed by atoms with van der Waals surface area (Å²) in [6, 6.07) is 11.3. The molecule has 1 aromatic carbocycles. The van der Waals surface area contributed by atoms with Gasteiger partial charge >= 0.3 is 0 Å². The van der Waals surface area contributed by atoms with E-state index in [1.165, 1.54) is 18.4 Å². The molecule has 2 nitrogen and oxygen atoms in total. The molecule has 1 saturated heterocycles. The predicted molar refractivity (Wildman–Crippen MR) is 55.1 cm³/mol. The van der Waals surface area contributed by atoms with Crippen LogP contribution in [-0.2, 0) is 10.3 Å². The maximum Gasteiger partial charge on any atom is 0.0643 e. The zero-order chi connectivity index (χ0) is 9.43. The minimum absolute atomic E-state index is 0.287. The van der Waals surface area contributed by atoms with E-state index in [-0.39, 0.29) is 5.54 Å². The minimum atomic E-state index is 0.287. The van der Waals surface area contributed by atoms with Gasteiger partial charge in [0.2, 0.25) is 0 Å². The first kappa shape index (κ1) is 8.45. The van der Waals surface area contributed by atoms with Crippen molar-refractivity contribution in [2.45, 2.75) is 24.4 Å². The summed E-state index contributed by atoms with van der Waals surface area (Å²) in [4.78, 5) is 0. The summed E-state index contributed by atoms with van der Waals surface area (Å²) < 4.78 is 5.18. The quantitative estimate of drug-likeness (QED) is 0.781. The zero-order valence-electron chi connectivity index (χ0n) is 8.20. The predicted octanol–water partition coefficient (Wildman–Crippen LogP) is 1.66. The van der Waals surface area contributed by atoms with Crippen molar-refractivity contribution in [3.63, 3.8) is 0 Å². The molecule has 1 aliphatic heterocycles. The minimum Gasteiger partial charge on any atom is -0.378 e. The van der Waals surface area contributed by atoms with Gasteiger partial charge < -0.3 is 10.1 Å². The molecule has 1 N–H and O–H groups in total. The maximum absolute atomic E-state index is 5.18. The summed E-state index contributed by atoms with van der Waals surface area (Å²) in [7, 11) is 0. The molecule has 0 radical (unpaired) electrons. The lowest BCUT2D eigenvalue weighted by molar-refractivity contribution is -0.0121. The molecule has 0 unspecified atom stereocenters. The van der Waals surface area contributed by atoms with Gasteiger partial charge in [-0.3, -0.25) is 0 Å². The van der Waals surface area contributed by atoms with Crippen molar-refractivity contribution in [1.29, 1.82) is 0 Å². The van der Waals surface area contributed by atoms with Crippen molar-refractivity contribution in [3.8, 4) is 0 Å². The van der Waals surface area contributed by atoms with Crippen LogP contribution in [0, 0.1) is 0 Å². The fourth-order valence-electron chi connectivity index (χ4n) is 2.11. The highest BCUT2D eigenvalue weighted by molar-refractivity contribution is 5.30. The normalized spacial score (nSPS) is 24.3. The van der Waals surface area contributed by atoms with Gasteiger partial charge in [0.15, 0.2) is 0 Å². The van der Waals surface area contributed by atoms with E-state index >= 15 is 0 Å². The Balaban J connectivity index is 1.76. The van der Waals surface area contributed by atoms with Gasteiger partial charge in [0.1, 0.15) is 0 Å². The highest BCUT2D eigenvalue weighted by Gasteiger charge is 2.46. The van der Waals surface area contributed by atoms with Crippen molar-refractivity contribution in [3.05, 3.63) is 35.9 Å². The van der Waals surface area contributed by atoms with Crippen LogP contribution in [0.15, 0.2) is 30.3 Å². The lowest BCUT2D eigenvalue weighted by atomic mass is 10.0. The molecule has 74 valence electrons. The average molecular weight is 189 g/mol. The monoisotopic (exact) mass is 189 g/mol. The second-order valence-corrected chi connectivity index (χ2v) is 4.33. The summed E-state index contributed by atoms with van der Waals surface area (Å²) >= 11 is 0. The van der Waals surface area contributed by atoms with E-state index in [0.717, 1.165) is 13.2 Å². The Hall–Kier alpha value is -0.860. The van der Waals surface area contributed by atoms with Crippen LogP contribution in [0.2, 0.25) is 0 Å². The Morgan fingerprint density at radius 2 is 1.86 bits per heavy atom. The molecule has 1 heterocycles. The van der Waals surface area contributed by atoms with Gasteiger partial charge in [-0.2, -0.15) is 0 Å². The Labute approximate surface area is 84.3 Å². The van der Waals surface area contributed by atoms with Gasteiger partial charge in [0.25, 0.3) is 0 Å². The van der Waals surface area contributed by atoms with Crippen molar-refractivity contribution in [2.75, 3.05) is 13.2 Å². The van der Waals surface area contributed by atoms with Crippen LogP contribution >= 0.6 is 0 Å². The van der Waals surface area contributed by atoms with Crippen molar-refractivity contribution < 1.29 is 4.74 Å². The number of hydrogen-bond acceptors (Lipinski definition) is 2. The first-order chi connectivity index (χ1) is 6.89. The van der Waals surface area contributed by atoms with Gasteiger partial charge in [0.05, 0.1) is 19.3 Å². The Morgan fingerprint density at radius 1 is 1.14 bits per heavy atom. The van der Waals surface area contributed by atoms with E-state index in [9.17, 15) is 0 Å². The molecular weight excluding hydrogens is 174 g/mol. The lowest BCUT2D eigenvalue weighted by Crippen LogP contribution is -2.50. The zero-order valence-corrected chi connectivity index (χ0v) is 8.20. The Morgan fingerprint density at radius 3 is 2.36 bits per heavy atom. The van der Waals surface area contributed by atoms with Crippen molar-refractivity contribution in [2.24, 2.45) is 0 Å². The molecule has 1 aromatic rings. The fraction of sp³-hybridized carbons (Fsp3) is 0.500. The van der Waals surface area contributed by atoms with Crippen molar-refractivity contribution in [1.82, 2.24) is 5.32 Å². The maximum atomic E-state index is 5.18. The molecule has 0 aromatic heterocycles. The van der Waals surface area contributed by atoms with E-state index in [1.54, 1.807) is 0 Å². The van der Waals surface area contributed by atoms with E-state index in [1.807, 2.05) is 0 Å². The Bertz CT molecular complexity index is 314. The third kappa shape index (κ3) is 1.35. The molecule has 14 heavy (non-hydrogen) atoms. The SMILES string of the molecule is c1ccc(C2(NC3COC3)CC2)cc1. The topological polar surface area (TPSA) is 21.3 Å². The molecular formula is C12H15NO. The van der Waals surface area contributed by atoms with Crippen LogP contribution in [0.3, 0.4) is 0 Å². The molecule has 2 aliphatic rings. The largest absolute Gasteiger partial charge is 0.378 e. The van der Waals surface area contributed by atoms with Crippen LogP contribution in [-0.4, -0.2) is 19.3 Å². The number of hydrogen-bond donors (Lipinski definition) is 1. The first-order valence-corrected chi connectivity index (χ1v) is 5.30. The van der Waals surface area contributed by atoms with Crippen LogP contribution in [0.5, 0.6) is 0 Å². The van der Waals surface area contributed by atoms with Crippen LogP contribution < -0.4 is 5.32 Å². The Kier molecular flexibility index (Phi) is 1.85. The van der Waals surface area contributed by atoms with Crippen LogP contribution in [0.25, 0.3) is 0 Å². The van der Waals surface area contributed by atoms with Gasteiger partial charge in [0, 0.05) is 5.54 Å². The van der Waals surface area contributed by atoms with Gasteiger partial charge in [-0.1, -0.05) is 30.3 Å². The molecule has 1 aliphatic carbocycles. The molecule has 2 heteroatoms. The summed E-state index contributed by atoms with van der Waals surface area (Å²) in [5.74, 6) is 0. The standard InChI is InChI=1S/C12H15NO/c1-2-4-10(5-3-1)12(6-7-12)13-11-8-14-9-11/h1-5,11,13H,6-9H2. The van der Waals surface area contributed by atoms with Crippen molar-refractivity contribution >= 4 is 0 Å². The lowest BCUT2D eigenvalue weighted by Gasteiger charge is -2.32. The van der Waals surface area contributed by atoms with Crippen LogP contribution in [0.4, 0.5) is 0 Å². The molecule has 0 amide bonds. The summed E-state index contributed by atoms with van der Waals surface area (Å²) in [5, 5.41) is 3.70. The van der Waals surface area contributed by atoms with E-state index in [0.29, 0.717) is 6.04 Å². The molecule has 0 spiro atoms. The molecule has 0 atom stereocenters. The number of benzene rings is 1. The number of ether oxygens (including phenoxy) is 1. The van der Waals surface area contributed by atoms with E-state index in [4.69, 9.17) is 4.74 Å². The van der Waals surface area contributed by atoms with E-state index in [2.05, 4.69) is 35.6 Å². The molecule has 1 saturated carbocycles. The van der Waals surface area contributed by atoms with Gasteiger partial charge in [-0.25, -0.2) is 0 Å². The number of rotatable bonds is 3. The number of nitrogens with one attached hydrogen (secondary N) is 1. The van der Waals surface area contributed by atoms with Gasteiger partial charge in [-0.15, -0.1) is 0 Å². The molecule has 0 bridgehead atoms. The second kappa shape index (κ2) is 3.07. The third-order valence-corrected chi connectivity index (χ3v) is 3.19. The molecule has 2 fully saturated rings.